The predicted molar refractivity (Wildman–Crippen MR) is 76.7 cm³/mol. The lowest BCUT2D eigenvalue weighted by atomic mass is 10.0. The first-order valence-electron chi connectivity index (χ1n) is 5.79. The third kappa shape index (κ3) is 2.66. The molecular weight excluding hydrogens is 222 g/mol. The summed E-state index contributed by atoms with van der Waals surface area (Å²) in [5, 5.41) is 1.04. The van der Waals surface area contributed by atoms with Gasteiger partial charge in [-0.05, 0) is 41.1 Å². The van der Waals surface area contributed by atoms with Gasteiger partial charge in [0.05, 0.1) is 0 Å². The Labute approximate surface area is 106 Å². The van der Waals surface area contributed by atoms with Crippen LogP contribution in [0.1, 0.15) is 5.56 Å². The van der Waals surface area contributed by atoms with Crippen LogP contribution >= 0.6 is 0 Å². The Kier molecular flexibility index (Phi) is 3.58. The first-order valence-corrected chi connectivity index (χ1v) is 5.79. The van der Waals surface area contributed by atoms with Crippen molar-refractivity contribution in [3.63, 3.8) is 0 Å². The first-order chi connectivity index (χ1) is 8.72. The Morgan fingerprint density at radius 2 is 2.06 bits per heavy atom. The molecule has 0 saturated carbocycles. The second kappa shape index (κ2) is 5.32. The van der Waals surface area contributed by atoms with E-state index in [-0.39, 0.29) is 5.56 Å². The fourth-order valence-corrected chi connectivity index (χ4v) is 1.90. The minimum Gasteiger partial charge on any atom is -0.322 e. The molecule has 0 aliphatic heterocycles. The molecule has 0 aliphatic rings. The number of fused-ring (bicyclic) bond motifs is 1. The van der Waals surface area contributed by atoms with E-state index in [1.54, 1.807) is 12.1 Å². The third-order valence-corrected chi connectivity index (χ3v) is 2.79. The van der Waals surface area contributed by atoms with E-state index in [1.807, 2.05) is 30.4 Å². The molecule has 2 nitrogen and oxygen atoms in total. The van der Waals surface area contributed by atoms with Crippen LogP contribution in [0.5, 0.6) is 0 Å². The summed E-state index contributed by atoms with van der Waals surface area (Å²) >= 11 is 0. The standard InChI is InChI=1S/C16H15NO/c1-3-5-12(4-2)10-13-6-8-15-14(11-13)7-9-16(18)17-15/h3-9,11H,1-2,10H2,(H,17,18)/b12-5+. The van der Waals surface area contributed by atoms with Gasteiger partial charge in [-0.15, -0.1) is 0 Å². The van der Waals surface area contributed by atoms with Crippen molar-refractivity contribution in [3.05, 3.63) is 83.2 Å². The topological polar surface area (TPSA) is 32.9 Å². The maximum atomic E-state index is 11.2. The number of H-pyrrole nitrogens is 1. The van der Waals surface area contributed by atoms with E-state index in [0.29, 0.717) is 0 Å². The molecule has 0 radical (unpaired) electrons. The number of allylic oxidation sites excluding steroid dienone is 4. The van der Waals surface area contributed by atoms with Gasteiger partial charge in [0.25, 0.3) is 0 Å². The molecule has 1 heterocycles. The zero-order valence-electron chi connectivity index (χ0n) is 10.1. The Morgan fingerprint density at radius 3 is 2.78 bits per heavy atom. The van der Waals surface area contributed by atoms with Gasteiger partial charge in [0.15, 0.2) is 0 Å². The highest BCUT2D eigenvalue weighted by Gasteiger charge is 1.99. The second-order valence-electron chi connectivity index (χ2n) is 4.10. The van der Waals surface area contributed by atoms with Crippen molar-refractivity contribution in [2.24, 2.45) is 0 Å². The molecule has 90 valence electrons. The van der Waals surface area contributed by atoms with Crippen LogP contribution in [0.15, 0.2) is 72.1 Å². The van der Waals surface area contributed by atoms with Gasteiger partial charge in [-0.2, -0.15) is 0 Å². The van der Waals surface area contributed by atoms with Gasteiger partial charge in [0.1, 0.15) is 0 Å². The van der Waals surface area contributed by atoms with E-state index in [0.717, 1.165) is 22.9 Å². The average molecular weight is 237 g/mol. The summed E-state index contributed by atoms with van der Waals surface area (Å²) in [5.41, 5.74) is 3.09. The van der Waals surface area contributed by atoms with Gasteiger partial charge in [-0.1, -0.05) is 37.5 Å². The lowest BCUT2D eigenvalue weighted by molar-refractivity contribution is 1.20. The van der Waals surface area contributed by atoms with E-state index >= 15 is 0 Å². The quantitative estimate of drug-likeness (QED) is 0.812. The SMILES string of the molecule is C=C/C=C(\C=C)Cc1ccc2[nH]c(=O)ccc2c1. The van der Waals surface area contributed by atoms with Gasteiger partial charge < -0.3 is 4.98 Å². The van der Waals surface area contributed by atoms with Crippen LogP contribution in [-0.4, -0.2) is 4.98 Å². The molecule has 2 rings (SSSR count). The van der Waals surface area contributed by atoms with Crippen LogP contribution in [0, 0.1) is 0 Å². The molecule has 18 heavy (non-hydrogen) atoms. The van der Waals surface area contributed by atoms with Gasteiger partial charge in [0.2, 0.25) is 5.56 Å². The molecule has 2 aromatic rings. The molecule has 1 aromatic carbocycles. The number of pyridine rings is 1. The van der Waals surface area contributed by atoms with E-state index in [1.165, 1.54) is 5.56 Å². The molecule has 0 spiro atoms. The molecule has 0 fully saturated rings. The van der Waals surface area contributed by atoms with Crippen molar-refractivity contribution >= 4 is 10.9 Å². The molecule has 0 unspecified atom stereocenters. The van der Waals surface area contributed by atoms with Crippen molar-refractivity contribution in [3.8, 4) is 0 Å². The van der Waals surface area contributed by atoms with E-state index < -0.39 is 0 Å². The first kappa shape index (κ1) is 12.1. The fraction of sp³-hybridized carbons (Fsp3) is 0.0625. The number of nitrogens with one attached hydrogen (secondary N) is 1. The zero-order valence-corrected chi connectivity index (χ0v) is 10.1. The number of benzene rings is 1. The van der Waals surface area contributed by atoms with Gasteiger partial charge in [0, 0.05) is 11.6 Å². The molecule has 2 heteroatoms. The van der Waals surface area contributed by atoms with Crippen molar-refractivity contribution in [1.29, 1.82) is 0 Å². The van der Waals surface area contributed by atoms with Crippen molar-refractivity contribution in [2.75, 3.05) is 0 Å². The molecule has 0 saturated heterocycles. The normalized spacial score (nSPS) is 11.4. The number of aromatic amines is 1. The smallest absolute Gasteiger partial charge is 0.248 e. The highest BCUT2D eigenvalue weighted by atomic mass is 16.1. The molecule has 0 aliphatic carbocycles. The summed E-state index contributed by atoms with van der Waals surface area (Å²) < 4.78 is 0. The summed E-state index contributed by atoms with van der Waals surface area (Å²) in [6, 6.07) is 9.40. The molecule has 1 N–H and O–H groups in total. The molecule has 0 amide bonds. The Hall–Kier alpha value is -2.35. The van der Waals surface area contributed by atoms with Crippen LogP contribution in [0.4, 0.5) is 0 Å². The lowest BCUT2D eigenvalue weighted by Crippen LogP contribution is -2.02. The number of hydrogen-bond acceptors (Lipinski definition) is 1. The fourth-order valence-electron chi connectivity index (χ4n) is 1.90. The van der Waals surface area contributed by atoms with Gasteiger partial charge in [-0.25, -0.2) is 0 Å². The van der Waals surface area contributed by atoms with Gasteiger partial charge in [-0.3, -0.25) is 4.79 Å². The summed E-state index contributed by atoms with van der Waals surface area (Å²) in [6.07, 6.45) is 6.35. The maximum Gasteiger partial charge on any atom is 0.248 e. The second-order valence-corrected chi connectivity index (χ2v) is 4.10. The summed E-state index contributed by atoms with van der Waals surface area (Å²) in [7, 11) is 0. The highest BCUT2D eigenvalue weighted by Crippen LogP contribution is 2.15. The van der Waals surface area contributed by atoms with E-state index in [4.69, 9.17) is 0 Å². The highest BCUT2D eigenvalue weighted by molar-refractivity contribution is 5.79. The Morgan fingerprint density at radius 1 is 1.22 bits per heavy atom. The van der Waals surface area contributed by atoms with Crippen LogP contribution < -0.4 is 5.56 Å². The minimum atomic E-state index is -0.0754. The summed E-state index contributed by atoms with van der Waals surface area (Å²) in [6.45, 7) is 7.47. The van der Waals surface area contributed by atoms with E-state index in [9.17, 15) is 4.79 Å². The van der Waals surface area contributed by atoms with Crippen LogP contribution in [0.2, 0.25) is 0 Å². The predicted octanol–water partition coefficient (Wildman–Crippen LogP) is 3.37. The molecule has 0 atom stereocenters. The summed E-state index contributed by atoms with van der Waals surface area (Å²) in [5.74, 6) is 0. The number of aromatic nitrogens is 1. The molecule has 1 aromatic heterocycles. The monoisotopic (exact) mass is 237 g/mol. The Balaban J connectivity index is 2.38. The maximum absolute atomic E-state index is 11.2. The van der Waals surface area contributed by atoms with Crippen LogP contribution in [-0.2, 0) is 6.42 Å². The molecular formula is C16H15NO. The van der Waals surface area contributed by atoms with Crippen LogP contribution in [0.25, 0.3) is 10.9 Å². The number of rotatable bonds is 4. The van der Waals surface area contributed by atoms with Crippen molar-refractivity contribution < 1.29 is 0 Å². The van der Waals surface area contributed by atoms with E-state index in [2.05, 4.69) is 24.2 Å². The number of hydrogen-bond donors (Lipinski definition) is 1. The summed E-state index contributed by atoms with van der Waals surface area (Å²) in [4.78, 5) is 14.0. The van der Waals surface area contributed by atoms with Crippen molar-refractivity contribution in [2.45, 2.75) is 6.42 Å². The minimum absolute atomic E-state index is 0.0754. The zero-order chi connectivity index (χ0) is 13.0. The largest absolute Gasteiger partial charge is 0.322 e. The van der Waals surface area contributed by atoms with Gasteiger partial charge >= 0.3 is 0 Å². The van der Waals surface area contributed by atoms with Crippen molar-refractivity contribution in [1.82, 2.24) is 4.98 Å². The third-order valence-electron chi connectivity index (χ3n) is 2.79. The Bertz CT molecular complexity index is 677. The molecule has 0 bridgehead atoms. The lowest BCUT2D eigenvalue weighted by Gasteiger charge is -2.04. The van der Waals surface area contributed by atoms with Crippen LogP contribution in [0.3, 0.4) is 0 Å². The average Bonchev–Trinajstić information content (AvgIpc) is 2.38.